The van der Waals surface area contributed by atoms with E-state index >= 15 is 0 Å². The maximum absolute atomic E-state index is 14.8. The van der Waals surface area contributed by atoms with Crippen LogP contribution in [0.2, 0.25) is 5.02 Å². The molecule has 3 nitrogen and oxygen atoms in total. The summed E-state index contributed by atoms with van der Waals surface area (Å²) in [6.07, 6.45) is 0. The van der Waals surface area contributed by atoms with E-state index in [0.29, 0.717) is 12.1 Å². The van der Waals surface area contributed by atoms with Crippen LogP contribution in [0, 0.1) is 23.3 Å². The summed E-state index contributed by atoms with van der Waals surface area (Å²) in [5, 5.41) is 9.54. The molecular formula is C17H11BrClF4N2O+. The summed E-state index contributed by atoms with van der Waals surface area (Å²) in [5.41, 5.74) is -0.233. The Morgan fingerprint density at radius 2 is 1.73 bits per heavy atom. The van der Waals surface area contributed by atoms with Gasteiger partial charge in [-0.25, -0.2) is 17.6 Å². The Morgan fingerprint density at radius 1 is 1.08 bits per heavy atom. The molecule has 0 aliphatic carbocycles. The van der Waals surface area contributed by atoms with Crippen molar-refractivity contribution in [3.05, 3.63) is 70.0 Å². The molecule has 0 saturated heterocycles. The van der Waals surface area contributed by atoms with Crippen molar-refractivity contribution in [1.29, 1.82) is 0 Å². The summed E-state index contributed by atoms with van der Waals surface area (Å²) < 4.78 is 55.6. The van der Waals surface area contributed by atoms with Gasteiger partial charge in [0.25, 0.3) is 4.74 Å². The average molecular weight is 451 g/mol. The lowest BCUT2D eigenvalue weighted by atomic mass is 10.1. The van der Waals surface area contributed by atoms with E-state index in [1.165, 1.54) is 6.92 Å². The molecule has 1 N–H and O–H groups in total. The standard InChI is InChI=1S/C17H11BrClF4N2O/c1-8-15(7-26)25(17(18)24-8,14-3-2-9(20)5-12(14)22)16-11(19)4-10(21)6-13(16)23/h2-6,26H,7H2,1H3/q+1. The smallest absolute Gasteiger partial charge is 0.287 e. The van der Waals surface area contributed by atoms with Crippen molar-refractivity contribution in [3.63, 3.8) is 0 Å². The summed E-state index contributed by atoms with van der Waals surface area (Å²) in [6.45, 7) is 0.901. The van der Waals surface area contributed by atoms with Gasteiger partial charge in [0.2, 0.25) is 5.69 Å². The molecule has 26 heavy (non-hydrogen) atoms. The summed E-state index contributed by atoms with van der Waals surface area (Å²) in [4.78, 5) is 4.16. The van der Waals surface area contributed by atoms with Crippen LogP contribution in [0.4, 0.5) is 28.9 Å². The number of amidine groups is 1. The third-order valence-corrected chi connectivity index (χ3v) is 5.09. The lowest BCUT2D eigenvalue weighted by Gasteiger charge is -2.34. The second-order valence-electron chi connectivity index (χ2n) is 5.56. The van der Waals surface area contributed by atoms with Gasteiger partial charge in [0.15, 0.2) is 23.0 Å². The van der Waals surface area contributed by atoms with E-state index in [-0.39, 0.29) is 32.5 Å². The molecular weight excluding hydrogens is 440 g/mol. The normalized spacial score (nSPS) is 19.9. The molecule has 1 unspecified atom stereocenters. The van der Waals surface area contributed by atoms with Gasteiger partial charge in [0, 0.05) is 34.1 Å². The first-order valence-electron chi connectivity index (χ1n) is 7.29. The molecule has 0 bridgehead atoms. The molecule has 0 saturated carbocycles. The van der Waals surface area contributed by atoms with Gasteiger partial charge >= 0.3 is 0 Å². The van der Waals surface area contributed by atoms with Gasteiger partial charge in [-0.3, -0.25) is 0 Å². The summed E-state index contributed by atoms with van der Waals surface area (Å²) >= 11 is 9.29. The van der Waals surface area contributed by atoms with Crippen LogP contribution in [0.1, 0.15) is 6.92 Å². The number of aliphatic hydroxyl groups excluding tert-OH is 1. The highest BCUT2D eigenvalue weighted by molar-refractivity contribution is 9.18. The Hall–Kier alpha value is -1.74. The van der Waals surface area contributed by atoms with Gasteiger partial charge in [0.1, 0.15) is 29.0 Å². The predicted octanol–water partition coefficient (Wildman–Crippen LogP) is 5.52. The molecule has 1 aliphatic rings. The Morgan fingerprint density at radius 3 is 2.31 bits per heavy atom. The fraction of sp³-hybridized carbons (Fsp3) is 0.118. The topological polar surface area (TPSA) is 32.6 Å². The zero-order valence-corrected chi connectivity index (χ0v) is 15.5. The zero-order valence-electron chi connectivity index (χ0n) is 13.2. The zero-order chi connectivity index (χ0) is 19.2. The predicted molar refractivity (Wildman–Crippen MR) is 95.3 cm³/mol. The minimum absolute atomic E-state index is 0.0167. The van der Waals surface area contributed by atoms with E-state index in [9.17, 15) is 22.7 Å². The Balaban J connectivity index is 2.50. The molecule has 0 radical (unpaired) electrons. The summed E-state index contributed by atoms with van der Waals surface area (Å²) in [7, 11) is 0. The van der Waals surface area contributed by atoms with Crippen molar-refractivity contribution in [2.45, 2.75) is 6.92 Å². The van der Waals surface area contributed by atoms with Crippen LogP contribution in [0.5, 0.6) is 0 Å². The number of hydrogen-bond acceptors (Lipinski definition) is 2. The third-order valence-electron chi connectivity index (χ3n) is 4.10. The van der Waals surface area contributed by atoms with Crippen LogP contribution >= 0.6 is 27.5 Å². The maximum atomic E-state index is 14.8. The first-order chi connectivity index (χ1) is 12.2. The quantitative estimate of drug-likeness (QED) is 0.373. The highest BCUT2D eigenvalue weighted by atomic mass is 79.9. The molecule has 1 atom stereocenters. The maximum Gasteiger partial charge on any atom is 0.287 e. The van der Waals surface area contributed by atoms with Gasteiger partial charge in [-0.15, -0.1) is 0 Å². The number of rotatable bonds is 3. The van der Waals surface area contributed by atoms with E-state index in [0.717, 1.165) is 18.2 Å². The second-order valence-corrected chi connectivity index (χ2v) is 6.67. The number of aliphatic imine (C=N–C) groups is 1. The largest absolute Gasteiger partial charge is 0.386 e. The average Bonchev–Trinajstić information content (AvgIpc) is 2.77. The summed E-state index contributed by atoms with van der Waals surface area (Å²) in [5.74, 6) is -3.86. The first kappa shape index (κ1) is 19.0. The highest BCUT2D eigenvalue weighted by Gasteiger charge is 2.52. The van der Waals surface area contributed by atoms with E-state index in [2.05, 4.69) is 20.9 Å². The number of allylic oxidation sites excluding steroid dienone is 1. The van der Waals surface area contributed by atoms with Gasteiger partial charge < -0.3 is 5.11 Å². The van der Waals surface area contributed by atoms with Crippen molar-refractivity contribution < 1.29 is 22.7 Å². The molecule has 9 heteroatoms. The molecule has 3 rings (SSSR count). The summed E-state index contributed by atoms with van der Waals surface area (Å²) in [6, 6.07) is 4.15. The Kier molecular flexibility index (Phi) is 4.96. The molecule has 2 aromatic carbocycles. The number of aliphatic hydroxyl groups is 1. The van der Waals surface area contributed by atoms with E-state index < -0.39 is 34.4 Å². The fourth-order valence-corrected chi connectivity index (χ4v) is 4.22. The second kappa shape index (κ2) is 6.77. The molecule has 0 amide bonds. The molecule has 2 aromatic rings. The van der Waals surface area contributed by atoms with Crippen molar-refractivity contribution in [2.24, 2.45) is 4.99 Å². The number of nitrogens with zero attached hydrogens (tertiary/aromatic N) is 2. The molecule has 1 aliphatic heterocycles. The van der Waals surface area contributed by atoms with Crippen molar-refractivity contribution >= 4 is 43.7 Å². The minimum atomic E-state index is -1.08. The van der Waals surface area contributed by atoms with Crippen molar-refractivity contribution in [2.75, 3.05) is 6.61 Å². The van der Waals surface area contributed by atoms with Crippen LogP contribution in [-0.4, -0.2) is 16.5 Å². The number of halogens is 6. The number of quaternary nitrogens is 1. The van der Waals surface area contributed by atoms with Gasteiger partial charge in [-0.05, 0) is 19.1 Å². The van der Waals surface area contributed by atoms with Crippen LogP contribution in [0.25, 0.3) is 0 Å². The Labute approximate surface area is 159 Å². The number of hydrogen-bond donors (Lipinski definition) is 1. The van der Waals surface area contributed by atoms with Crippen LogP contribution in [0.15, 0.2) is 46.7 Å². The molecule has 0 aromatic heterocycles. The van der Waals surface area contributed by atoms with Gasteiger partial charge in [-0.2, -0.15) is 9.48 Å². The van der Waals surface area contributed by atoms with Crippen LogP contribution in [0.3, 0.4) is 0 Å². The van der Waals surface area contributed by atoms with Crippen LogP contribution in [-0.2, 0) is 0 Å². The van der Waals surface area contributed by atoms with Gasteiger partial charge in [-0.1, -0.05) is 11.6 Å². The molecule has 1 heterocycles. The van der Waals surface area contributed by atoms with Crippen molar-refractivity contribution in [3.8, 4) is 0 Å². The monoisotopic (exact) mass is 449 g/mol. The lowest BCUT2D eigenvalue weighted by Crippen LogP contribution is -2.46. The number of benzene rings is 2. The highest BCUT2D eigenvalue weighted by Crippen LogP contribution is 2.51. The molecule has 0 fully saturated rings. The molecule has 0 spiro atoms. The van der Waals surface area contributed by atoms with E-state index in [1.807, 2.05) is 0 Å². The van der Waals surface area contributed by atoms with E-state index in [1.54, 1.807) is 0 Å². The van der Waals surface area contributed by atoms with E-state index in [4.69, 9.17) is 11.6 Å². The lowest BCUT2D eigenvalue weighted by molar-refractivity contribution is 0.308. The first-order valence-corrected chi connectivity index (χ1v) is 8.46. The minimum Gasteiger partial charge on any atom is -0.386 e. The fourth-order valence-electron chi connectivity index (χ4n) is 3.05. The molecule has 136 valence electrons. The SMILES string of the molecule is CC1=C(CO)[N+](c2ccc(F)cc2F)(c2c(F)cc(F)cc2Cl)C(Br)=N1. The van der Waals surface area contributed by atoms with Gasteiger partial charge in [0.05, 0.1) is 0 Å². The Bertz CT molecular complexity index is 956. The van der Waals surface area contributed by atoms with Crippen molar-refractivity contribution in [1.82, 2.24) is 4.48 Å². The van der Waals surface area contributed by atoms with Crippen LogP contribution < -0.4 is 4.48 Å². The third kappa shape index (κ3) is 2.68.